The molecule has 0 atom stereocenters. The van der Waals surface area contributed by atoms with Gasteiger partial charge in [-0.05, 0) is 28.7 Å². The number of nitrogens with zero attached hydrogens (tertiary/aromatic N) is 1. The molecular formula is C6H5IN2O2. The molecule has 0 saturated carbocycles. The van der Waals surface area contributed by atoms with Gasteiger partial charge in [0.2, 0.25) is 5.88 Å². The summed E-state index contributed by atoms with van der Waals surface area (Å²) in [5, 5.41) is 0. The standard InChI is InChI=1S/C6H5IN2O2/c7-4-1-2-9-5(3-4)11-6(8)10/h1-3H,(H2,8,10). The van der Waals surface area contributed by atoms with E-state index in [2.05, 4.69) is 32.3 Å². The van der Waals surface area contributed by atoms with E-state index in [1.165, 1.54) is 0 Å². The quantitative estimate of drug-likeness (QED) is 0.773. The van der Waals surface area contributed by atoms with Gasteiger partial charge < -0.3 is 10.5 Å². The van der Waals surface area contributed by atoms with E-state index in [-0.39, 0.29) is 5.88 Å². The number of carbonyl (C=O) groups excluding carboxylic acids is 1. The number of carbonyl (C=O) groups is 1. The number of pyridine rings is 1. The molecular weight excluding hydrogens is 259 g/mol. The number of rotatable bonds is 1. The number of amides is 1. The Kier molecular flexibility index (Phi) is 2.64. The molecule has 0 aliphatic heterocycles. The number of aromatic nitrogens is 1. The van der Waals surface area contributed by atoms with Crippen LogP contribution in [0.1, 0.15) is 0 Å². The summed E-state index contributed by atoms with van der Waals surface area (Å²) in [5.74, 6) is 0.226. The van der Waals surface area contributed by atoms with Crippen molar-refractivity contribution in [2.75, 3.05) is 0 Å². The highest BCUT2D eigenvalue weighted by Gasteiger charge is 1.98. The molecule has 2 N–H and O–H groups in total. The molecule has 0 unspecified atom stereocenters. The first-order chi connectivity index (χ1) is 5.18. The Bertz CT molecular complexity index is 277. The van der Waals surface area contributed by atoms with Crippen LogP contribution in [-0.2, 0) is 0 Å². The van der Waals surface area contributed by atoms with E-state index in [1.54, 1.807) is 18.3 Å². The van der Waals surface area contributed by atoms with Crippen molar-refractivity contribution in [3.8, 4) is 5.88 Å². The normalized spacial score (nSPS) is 9.18. The predicted octanol–water partition coefficient (Wildman–Crippen LogP) is 1.14. The SMILES string of the molecule is NC(=O)Oc1cc(I)ccn1. The van der Waals surface area contributed by atoms with Gasteiger partial charge in [-0.25, -0.2) is 9.78 Å². The molecule has 1 heterocycles. The second-order valence-corrected chi connectivity index (χ2v) is 2.98. The fraction of sp³-hybridized carbons (Fsp3) is 0. The summed E-state index contributed by atoms with van der Waals surface area (Å²) in [7, 11) is 0. The highest BCUT2D eigenvalue weighted by atomic mass is 127. The second kappa shape index (κ2) is 3.51. The number of hydrogen-bond donors (Lipinski definition) is 1. The van der Waals surface area contributed by atoms with Crippen LogP contribution in [0.15, 0.2) is 18.3 Å². The van der Waals surface area contributed by atoms with E-state index >= 15 is 0 Å². The molecule has 1 amide bonds. The minimum absolute atomic E-state index is 0.226. The number of hydrogen-bond acceptors (Lipinski definition) is 3. The van der Waals surface area contributed by atoms with Crippen molar-refractivity contribution in [3.05, 3.63) is 21.9 Å². The van der Waals surface area contributed by atoms with Gasteiger partial charge in [0.15, 0.2) is 0 Å². The van der Waals surface area contributed by atoms with Crippen molar-refractivity contribution in [3.63, 3.8) is 0 Å². The third-order valence-corrected chi connectivity index (χ3v) is 1.57. The fourth-order valence-electron chi connectivity index (χ4n) is 0.544. The van der Waals surface area contributed by atoms with E-state index in [0.717, 1.165) is 3.57 Å². The molecule has 58 valence electrons. The Morgan fingerprint density at radius 2 is 2.45 bits per heavy atom. The van der Waals surface area contributed by atoms with Crippen LogP contribution in [-0.4, -0.2) is 11.1 Å². The number of halogens is 1. The number of nitrogens with two attached hydrogens (primary N) is 1. The van der Waals surface area contributed by atoms with Gasteiger partial charge in [0.05, 0.1) is 0 Å². The number of primary amides is 1. The molecule has 0 aliphatic rings. The Labute approximate surface area is 76.9 Å². The zero-order valence-corrected chi connectivity index (χ0v) is 7.61. The smallest absolute Gasteiger partial charge is 0.391 e. The first-order valence-corrected chi connectivity index (χ1v) is 3.85. The summed E-state index contributed by atoms with van der Waals surface area (Å²) in [6.45, 7) is 0. The van der Waals surface area contributed by atoms with Crippen LogP contribution in [0.3, 0.4) is 0 Å². The molecule has 1 aromatic rings. The lowest BCUT2D eigenvalue weighted by molar-refractivity contribution is 0.209. The first kappa shape index (κ1) is 8.25. The zero-order valence-electron chi connectivity index (χ0n) is 5.45. The maximum Gasteiger partial charge on any atom is 0.411 e. The lowest BCUT2D eigenvalue weighted by Crippen LogP contribution is -2.16. The highest BCUT2D eigenvalue weighted by molar-refractivity contribution is 14.1. The van der Waals surface area contributed by atoms with Gasteiger partial charge in [0, 0.05) is 15.8 Å². The molecule has 4 nitrogen and oxygen atoms in total. The van der Waals surface area contributed by atoms with E-state index in [0.29, 0.717) is 0 Å². The molecule has 1 rings (SSSR count). The van der Waals surface area contributed by atoms with Gasteiger partial charge in [-0.1, -0.05) is 0 Å². The van der Waals surface area contributed by atoms with E-state index in [1.807, 2.05) is 0 Å². The first-order valence-electron chi connectivity index (χ1n) is 2.77. The van der Waals surface area contributed by atoms with Gasteiger partial charge in [0.25, 0.3) is 0 Å². The lowest BCUT2D eigenvalue weighted by Gasteiger charge is -1.97. The third kappa shape index (κ3) is 2.71. The van der Waals surface area contributed by atoms with Gasteiger partial charge in [-0.15, -0.1) is 0 Å². The minimum atomic E-state index is -0.848. The zero-order chi connectivity index (χ0) is 8.27. The van der Waals surface area contributed by atoms with E-state index in [4.69, 9.17) is 5.73 Å². The van der Waals surface area contributed by atoms with E-state index < -0.39 is 6.09 Å². The molecule has 1 aromatic heterocycles. The van der Waals surface area contributed by atoms with Crippen LogP contribution in [0.2, 0.25) is 0 Å². The van der Waals surface area contributed by atoms with Crippen molar-refractivity contribution in [1.82, 2.24) is 4.98 Å². The molecule has 0 spiro atoms. The van der Waals surface area contributed by atoms with Crippen molar-refractivity contribution >= 4 is 28.7 Å². The Morgan fingerprint density at radius 3 is 3.00 bits per heavy atom. The average molecular weight is 264 g/mol. The summed E-state index contributed by atoms with van der Waals surface area (Å²) in [4.78, 5) is 14.0. The van der Waals surface area contributed by atoms with Gasteiger partial charge >= 0.3 is 6.09 Å². The summed E-state index contributed by atoms with van der Waals surface area (Å²) in [5.41, 5.74) is 4.77. The molecule has 0 aromatic carbocycles. The fourth-order valence-corrected chi connectivity index (χ4v) is 0.971. The van der Waals surface area contributed by atoms with Crippen molar-refractivity contribution < 1.29 is 9.53 Å². The average Bonchev–Trinajstić information content (AvgIpc) is 1.85. The van der Waals surface area contributed by atoms with Crippen molar-refractivity contribution in [2.24, 2.45) is 5.73 Å². The number of ether oxygens (including phenoxy) is 1. The maximum absolute atomic E-state index is 10.2. The molecule has 0 fully saturated rings. The second-order valence-electron chi connectivity index (χ2n) is 1.73. The van der Waals surface area contributed by atoms with Gasteiger partial charge in [-0.3, -0.25) is 0 Å². The summed E-state index contributed by atoms with van der Waals surface area (Å²) >= 11 is 2.08. The molecule has 0 radical (unpaired) electrons. The summed E-state index contributed by atoms with van der Waals surface area (Å²) < 4.78 is 5.46. The summed E-state index contributed by atoms with van der Waals surface area (Å²) in [6.07, 6.45) is 0.694. The van der Waals surface area contributed by atoms with Crippen LogP contribution < -0.4 is 10.5 Å². The minimum Gasteiger partial charge on any atom is -0.391 e. The van der Waals surface area contributed by atoms with Crippen LogP contribution >= 0.6 is 22.6 Å². The largest absolute Gasteiger partial charge is 0.411 e. The maximum atomic E-state index is 10.2. The lowest BCUT2D eigenvalue weighted by atomic mass is 10.5. The topological polar surface area (TPSA) is 65.2 Å². The molecule has 5 heteroatoms. The summed E-state index contributed by atoms with van der Waals surface area (Å²) in [6, 6.07) is 3.40. The van der Waals surface area contributed by atoms with Crippen molar-refractivity contribution in [2.45, 2.75) is 0 Å². The van der Waals surface area contributed by atoms with Gasteiger partial charge in [0.1, 0.15) is 0 Å². The molecule has 11 heavy (non-hydrogen) atoms. The van der Waals surface area contributed by atoms with Crippen molar-refractivity contribution in [1.29, 1.82) is 0 Å². The molecule has 0 aliphatic carbocycles. The monoisotopic (exact) mass is 264 g/mol. The highest BCUT2D eigenvalue weighted by Crippen LogP contribution is 2.10. The Balaban J connectivity index is 2.79. The Morgan fingerprint density at radius 1 is 1.73 bits per heavy atom. The van der Waals surface area contributed by atoms with Crippen LogP contribution in [0.5, 0.6) is 5.88 Å². The Hall–Kier alpha value is -0.850. The third-order valence-electron chi connectivity index (χ3n) is 0.902. The predicted molar refractivity (Wildman–Crippen MR) is 47.2 cm³/mol. The molecule has 0 bridgehead atoms. The van der Waals surface area contributed by atoms with Crippen LogP contribution in [0, 0.1) is 3.57 Å². The van der Waals surface area contributed by atoms with Gasteiger partial charge in [-0.2, -0.15) is 0 Å². The van der Waals surface area contributed by atoms with Crippen LogP contribution in [0.4, 0.5) is 4.79 Å². The van der Waals surface area contributed by atoms with E-state index in [9.17, 15) is 4.79 Å². The molecule has 0 saturated heterocycles. The van der Waals surface area contributed by atoms with Crippen LogP contribution in [0.25, 0.3) is 0 Å².